The lowest BCUT2D eigenvalue weighted by Crippen LogP contribution is -2.50. The Balaban J connectivity index is 1.65. The van der Waals surface area contributed by atoms with Crippen LogP contribution >= 0.6 is 0 Å². The van der Waals surface area contributed by atoms with E-state index >= 15 is 0 Å². The fourth-order valence-corrected chi connectivity index (χ4v) is 5.37. The van der Waals surface area contributed by atoms with Crippen LogP contribution in [0.15, 0.2) is 59.8 Å². The number of benzene rings is 1. The second-order valence-electron chi connectivity index (χ2n) is 9.03. The summed E-state index contributed by atoms with van der Waals surface area (Å²) in [6, 6.07) is 7.61. The van der Waals surface area contributed by atoms with Gasteiger partial charge in [0, 0.05) is 62.7 Å². The Labute approximate surface area is 200 Å². The van der Waals surface area contributed by atoms with E-state index in [0.717, 1.165) is 0 Å². The van der Waals surface area contributed by atoms with Crippen molar-refractivity contribution in [3.63, 3.8) is 0 Å². The quantitative estimate of drug-likeness (QED) is 0.608. The number of fused-ring (bicyclic) bond motifs is 3. The van der Waals surface area contributed by atoms with Crippen LogP contribution in [0.5, 0.6) is 0 Å². The van der Waals surface area contributed by atoms with Crippen molar-refractivity contribution in [2.75, 3.05) is 20.7 Å². The van der Waals surface area contributed by atoms with Crippen molar-refractivity contribution < 1.29 is 19.1 Å². The van der Waals surface area contributed by atoms with Crippen molar-refractivity contribution in [3.8, 4) is 11.1 Å². The molecule has 0 unspecified atom stereocenters. The van der Waals surface area contributed by atoms with Gasteiger partial charge >= 0.3 is 0 Å². The minimum absolute atomic E-state index is 0.0681. The molecule has 0 radical (unpaired) electrons. The zero-order chi connectivity index (χ0) is 24.9. The molecule has 35 heavy (non-hydrogen) atoms. The van der Waals surface area contributed by atoms with Crippen molar-refractivity contribution in [2.24, 2.45) is 11.8 Å². The van der Waals surface area contributed by atoms with Crippen molar-refractivity contribution in [1.29, 1.82) is 0 Å². The van der Waals surface area contributed by atoms with Crippen molar-refractivity contribution >= 4 is 11.8 Å². The zero-order valence-corrected chi connectivity index (χ0v) is 19.2. The maximum absolute atomic E-state index is 13.8. The maximum atomic E-state index is 13.8. The highest BCUT2D eigenvalue weighted by atomic mass is 19.1. The first-order valence-corrected chi connectivity index (χ1v) is 11.2. The zero-order valence-electron chi connectivity index (χ0n) is 19.2. The van der Waals surface area contributed by atoms with Gasteiger partial charge in [0.15, 0.2) is 0 Å². The number of halogens is 1. The van der Waals surface area contributed by atoms with Gasteiger partial charge in [-0.2, -0.15) is 0 Å². The monoisotopic (exact) mass is 477 g/mol. The van der Waals surface area contributed by atoms with E-state index in [9.17, 15) is 23.9 Å². The van der Waals surface area contributed by atoms with Gasteiger partial charge in [-0.25, -0.2) is 9.37 Å². The molecule has 180 valence electrons. The summed E-state index contributed by atoms with van der Waals surface area (Å²) in [4.78, 5) is 51.3. The van der Waals surface area contributed by atoms with Gasteiger partial charge in [0.1, 0.15) is 17.6 Å². The number of rotatable bonds is 4. The van der Waals surface area contributed by atoms with Crippen LogP contribution in [0.3, 0.4) is 0 Å². The predicted molar refractivity (Wildman–Crippen MR) is 124 cm³/mol. The number of carbonyl (C=O) groups excluding carboxylic acids is 2. The summed E-state index contributed by atoms with van der Waals surface area (Å²) >= 11 is 0. The second-order valence-corrected chi connectivity index (χ2v) is 9.03. The summed E-state index contributed by atoms with van der Waals surface area (Å²) < 4.78 is 15.4. The van der Waals surface area contributed by atoms with Crippen LogP contribution in [-0.2, 0) is 11.3 Å². The SMILES string of the molecule is CN(C)C(=O)[C@H]1[C@H](CO)[C@H]2Cn3c(ccc(-c4cccc(F)c4)c3=O)[C@H]2N1C(=O)c1cnccn1. The van der Waals surface area contributed by atoms with Crippen LogP contribution in [0, 0.1) is 17.7 Å². The number of hydrogen-bond donors (Lipinski definition) is 1. The molecule has 0 aliphatic carbocycles. The Bertz CT molecular complexity index is 1360. The lowest BCUT2D eigenvalue weighted by Gasteiger charge is -2.32. The molecule has 5 rings (SSSR count). The number of aromatic nitrogens is 3. The van der Waals surface area contributed by atoms with E-state index in [1.165, 1.54) is 46.6 Å². The molecule has 1 N–H and O–H groups in total. The number of likely N-dealkylation sites (N-methyl/N-ethyl adjacent to an activating group) is 1. The van der Waals surface area contributed by atoms with Gasteiger partial charge in [-0.05, 0) is 29.8 Å². The maximum Gasteiger partial charge on any atom is 0.275 e. The smallest absolute Gasteiger partial charge is 0.275 e. The number of aliphatic hydroxyl groups is 1. The number of likely N-dealkylation sites (tertiary alicyclic amines) is 1. The van der Waals surface area contributed by atoms with Gasteiger partial charge in [-0.15, -0.1) is 0 Å². The van der Waals surface area contributed by atoms with E-state index in [-0.39, 0.29) is 36.2 Å². The lowest BCUT2D eigenvalue weighted by atomic mass is 9.88. The van der Waals surface area contributed by atoms with E-state index < -0.39 is 29.7 Å². The summed E-state index contributed by atoms with van der Waals surface area (Å²) in [6.45, 7) is -0.121. The number of pyridine rings is 1. The molecule has 1 saturated heterocycles. The van der Waals surface area contributed by atoms with Crippen LogP contribution in [0.2, 0.25) is 0 Å². The van der Waals surface area contributed by atoms with Gasteiger partial charge in [-0.1, -0.05) is 12.1 Å². The van der Waals surface area contributed by atoms with Gasteiger partial charge in [0.2, 0.25) is 5.91 Å². The Morgan fingerprint density at radius 1 is 1.20 bits per heavy atom. The molecule has 0 spiro atoms. The molecule has 0 saturated carbocycles. The first-order chi connectivity index (χ1) is 16.8. The van der Waals surface area contributed by atoms with Gasteiger partial charge < -0.3 is 19.5 Å². The summed E-state index contributed by atoms with van der Waals surface area (Å²) in [7, 11) is 3.19. The molecule has 2 amide bonds. The van der Waals surface area contributed by atoms with Crippen LogP contribution in [0.1, 0.15) is 22.2 Å². The largest absolute Gasteiger partial charge is 0.396 e. The molecular formula is C25H24FN5O4. The molecule has 1 fully saturated rings. The second kappa shape index (κ2) is 8.70. The lowest BCUT2D eigenvalue weighted by molar-refractivity contribution is -0.134. The number of nitrogens with zero attached hydrogens (tertiary/aromatic N) is 5. The van der Waals surface area contributed by atoms with Crippen LogP contribution < -0.4 is 5.56 Å². The van der Waals surface area contributed by atoms with E-state index in [0.29, 0.717) is 16.8 Å². The average molecular weight is 477 g/mol. The predicted octanol–water partition coefficient (Wildman–Crippen LogP) is 1.34. The van der Waals surface area contributed by atoms with Crippen LogP contribution in [0.4, 0.5) is 4.39 Å². The van der Waals surface area contributed by atoms with E-state index in [1.807, 2.05) is 0 Å². The van der Waals surface area contributed by atoms with E-state index in [4.69, 9.17) is 0 Å². The molecule has 2 aliphatic heterocycles. The summed E-state index contributed by atoms with van der Waals surface area (Å²) in [6.07, 6.45) is 4.17. The Morgan fingerprint density at radius 2 is 2.00 bits per heavy atom. The molecule has 3 aromatic rings. The van der Waals surface area contributed by atoms with Gasteiger partial charge in [0.25, 0.3) is 11.5 Å². The number of aliphatic hydroxyl groups excluding tert-OH is 1. The minimum atomic E-state index is -0.925. The third-order valence-corrected chi connectivity index (χ3v) is 6.92. The summed E-state index contributed by atoms with van der Waals surface area (Å²) in [5.41, 5.74) is 1.10. The Hall–Kier alpha value is -3.92. The summed E-state index contributed by atoms with van der Waals surface area (Å²) in [5, 5.41) is 10.3. The van der Waals surface area contributed by atoms with Crippen molar-refractivity contribution in [3.05, 3.63) is 82.5 Å². The molecule has 4 atom stereocenters. The van der Waals surface area contributed by atoms with Crippen molar-refractivity contribution in [1.82, 2.24) is 24.3 Å². The molecule has 10 heteroatoms. The fraction of sp³-hybridized carbons (Fsp3) is 0.320. The van der Waals surface area contributed by atoms with E-state index in [2.05, 4.69) is 9.97 Å². The third-order valence-electron chi connectivity index (χ3n) is 6.92. The highest BCUT2D eigenvalue weighted by Crippen LogP contribution is 2.50. The standard InChI is InChI=1S/C25H24FN5O4/c1-29(2)25(35)22-18(13-32)17-12-30-20(21(17)31(22)24(34)19-11-27-8-9-28-19)7-6-16(23(30)33)14-4-3-5-15(26)10-14/h3-11,17-18,21-22,32H,12-13H2,1-2H3/t17-,18-,21+,22-/m1/s1. The third kappa shape index (κ3) is 3.61. The number of carbonyl (C=O) groups is 2. The molecule has 2 aliphatic rings. The first-order valence-electron chi connectivity index (χ1n) is 11.2. The fourth-order valence-electron chi connectivity index (χ4n) is 5.37. The minimum Gasteiger partial charge on any atom is -0.396 e. The van der Waals surface area contributed by atoms with E-state index in [1.54, 1.807) is 36.9 Å². The average Bonchev–Trinajstić information content (AvgIpc) is 3.38. The number of hydrogen-bond acceptors (Lipinski definition) is 6. The topological polar surface area (TPSA) is 109 Å². The van der Waals surface area contributed by atoms with Crippen molar-refractivity contribution in [2.45, 2.75) is 18.6 Å². The van der Waals surface area contributed by atoms with Gasteiger partial charge in [-0.3, -0.25) is 19.4 Å². The Morgan fingerprint density at radius 3 is 2.66 bits per heavy atom. The Kier molecular flexibility index (Phi) is 5.68. The molecule has 4 heterocycles. The molecule has 0 bridgehead atoms. The molecular weight excluding hydrogens is 453 g/mol. The molecule has 2 aromatic heterocycles. The molecule has 1 aromatic carbocycles. The normalized spacial score (nSPS) is 22.6. The van der Waals surface area contributed by atoms with Crippen LogP contribution in [-0.4, -0.2) is 68.0 Å². The first kappa shape index (κ1) is 22.9. The summed E-state index contributed by atoms with van der Waals surface area (Å²) in [5.74, 6) is -2.23. The number of amides is 2. The highest BCUT2D eigenvalue weighted by Gasteiger charge is 2.58. The highest BCUT2D eigenvalue weighted by molar-refractivity contribution is 5.97. The van der Waals surface area contributed by atoms with Gasteiger partial charge in [0.05, 0.1) is 12.2 Å². The molecule has 9 nitrogen and oxygen atoms in total. The van der Waals surface area contributed by atoms with Crippen LogP contribution in [0.25, 0.3) is 11.1 Å².